The number of nitrogens with two attached hydrogens (primary N) is 1. The molecule has 1 aromatic rings. The molecule has 2 saturated carbocycles. The van der Waals surface area contributed by atoms with Gasteiger partial charge in [-0.1, -0.05) is 6.42 Å². The number of amides is 1. The molecule has 2 N–H and O–H groups in total. The molecule has 7 nitrogen and oxygen atoms in total. The van der Waals surface area contributed by atoms with Crippen LogP contribution in [0.25, 0.3) is 0 Å². The van der Waals surface area contributed by atoms with Gasteiger partial charge in [0, 0.05) is 50.0 Å². The summed E-state index contributed by atoms with van der Waals surface area (Å²) in [5, 5.41) is 10.7. The summed E-state index contributed by atoms with van der Waals surface area (Å²) in [6.45, 7) is 1.43. The molecule has 1 aromatic carbocycles. The van der Waals surface area contributed by atoms with Crippen LogP contribution in [0.5, 0.6) is 5.75 Å². The lowest BCUT2D eigenvalue weighted by atomic mass is 9.65. The number of benzene rings is 1. The monoisotopic (exact) mass is 423 g/mol. The molecule has 0 spiro atoms. The molecule has 1 saturated heterocycles. The van der Waals surface area contributed by atoms with Crippen molar-refractivity contribution in [1.29, 1.82) is 0 Å². The first-order valence-corrected chi connectivity index (χ1v) is 10.5. The quantitative estimate of drug-likeness (QED) is 0.589. The minimum absolute atomic E-state index is 0. The second-order valence-corrected chi connectivity index (χ2v) is 8.59. The minimum atomic E-state index is -0.416. The summed E-state index contributed by atoms with van der Waals surface area (Å²) in [5.41, 5.74) is 6.42. The predicted molar refractivity (Wildman–Crippen MR) is 112 cm³/mol. The van der Waals surface area contributed by atoms with Crippen molar-refractivity contribution in [2.24, 2.45) is 23.5 Å². The molecule has 29 heavy (non-hydrogen) atoms. The highest BCUT2D eigenvalue weighted by molar-refractivity contribution is 5.85. The zero-order valence-corrected chi connectivity index (χ0v) is 17.4. The maximum Gasteiger partial charge on any atom is 0.269 e. The molecular formula is C21H30ClN3O4. The number of fused-ring (bicyclic) bond motifs is 2. The topological polar surface area (TPSA) is 98.7 Å². The summed E-state index contributed by atoms with van der Waals surface area (Å²) in [7, 11) is 0. The molecule has 0 aromatic heterocycles. The zero-order valence-electron chi connectivity index (χ0n) is 16.6. The summed E-state index contributed by atoms with van der Waals surface area (Å²) in [6, 6.07) is 6.48. The Kier molecular flexibility index (Phi) is 7.01. The number of likely N-dealkylation sites (tertiary alicyclic amines) is 1. The lowest BCUT2D eigenvalue weighted by molar-refractivity contribution is -0.384. The van der Waals surface area contributed by atoms with Crippen molar-refractivity contribution in [3.8, 4) is 5.75 Å². The fourth-order valence-corrected chi connectivity index (χ4v) is 5.28. The molecule has 1 amide bonds. The third-order valence-electron chi connectivity index (χ3n) is 6.87. The largest absolute Gasteiger partial charge is 0.490 e. The molecule has 4 rings (SSSR count). The smallest absolute Gasteiger partial charge is 0.269 e. The number of nitro groups is 1. The van der Waals surface area contributed by atoms with Gasteiger partial charge in [0.15, 0.2) is 0 Å². The molecular weight excluding hydrogens is 394 g/mol. The Balaban J connectivity index is 0.00000240. The van der Waals surface area contributed by atoms with Crippen LogP contribution in [0.1, 0.15) is 44.9 Å². The van der Waals surface area contributed by atoms with Gasteiger partial charge in [-0.3, -0.25) is 14.9 Å². The van der Waals surface area contributed by atoms with E-state index in [0.29, 0.717) is 42.6 Å². The molecule has 2 bridgehead atoms. The van der Waals surface area contributed by atoms with E-state index < -0.39 is 4.92 Å². The molecule has 160 valence electrons. The van der Waals surface area contributed by atoms with E-state index in [0.717, 1.165) is 25.7 Å². The van der Waals surface area contributed by atoms with E-state index in [1.165, 1.54) is 31.4 Å². The number of carbonyl (C=O) groups is 1. The Morgan fingerprint density at radius 3 is 2.21 bits per heavy atom. The van der Waals surface area contributed by atoms with Crippen LogP contribution in [-0.4, -0.2) is 41.0 Å². The average Bonchev–Trinajstić information content (AvgIpc) is 2.68. The van der Waals surface area contributed by atoms with Crippen molar-refractivity contribution < 1.29 is 14.5 Å². The van der Waals surface area contributed by atoms with Crippen molar-refractivity contribution in [1.82, 2.24) is 4.90 Å². The number of nitrogens with zero attached hydrogens (tertiary/aromatic N) is 2. The summed E-state index contributed by atoms with van der Waals surface area (Å²) < 4.78 is 5.96. The van der Waals surface area contributed by atoms with Crippen LogP contribution < -0.4 is 10.5 Å². The normalized spacial score (nSPS) is 29.6. The molecule has 3 fully saturated rings. The van der Waals surface area contributed by atoms with Crippen LogP contribution in [0.4, 0.5) is 5.69 Å². The molecule has 8 heteroatoms. The first-order valence-electron chi connectivity index (χ1n) is 10.5. The number of hydrogen-bond acceptors (Lipinski definition) is 5. The number of non-ortho nitro benzene ring substituents is 1. The molecule has 0 radical (unpaired) electrons. The number of hydrogen-bond donors (Lipinski definition) is 1. The molecule has 2 unspecified atom stereocenters. The van der Waals surface area contributed by atoms with Crippen LogP contribution in [-0.2, 0) is 4.79 Å². The number of nitro benzene ring substituents is 1. The molecule has 2 aliphatic carbocycles. The van der Waals surface area contributed by atoms with E-state index in [1.807, 2.05) is 4.90 Å². The number of piperidine rings is 1. The van der Waals surface area contributed by atoms with Gasteiger partial charge in [0.05, 0.1) is 4.92 Å². The summed E-state index contributed by atoms with van der Waals surface area (Å²) in [6.07, 6.45) is 7.15. The SMILES string of the molecule is Cl.NC1C2CCCC1CC(C(=O)N1CCC(Oc3ccc([N+](=O)[O-])cc3)CC1)C2. The van der Waals surface area contributed by atoms with Gasteiger partial charge < -0.3 is 15.4 Å². The van der Waals surface area contributed by atoms with Crippen LogP contribution in [0.3, 0.4) is 0 Å². The van der Waals surface area contributed by atoms with Crippen molar-refractivity contribution in [3.05, 3.63) is 34.4 Å². The van der Waals surface area contributed by atoms with E-state index in [-0.39, 0.29) is 30.1 Å². The maximum absolute atomic E-state index is 13.0. The Labute approximate surface area is 177 Å². The third kappa shape index (κ3) is 4.83. The van der Waals surface area contributed by atoms with E-state index in [2.05, 4.69) is 0 Å². The van der Waals surface area contributed by atoms with E-state index in [1.54, 1.807) is 12.1 Å². The van der Waals surface area contributed by atoms with Gasteiger partial charge in [-0.15, -0.1) is 12.4 Å². The summed E-state index contributed by atoms with van der Waals surface area (Å²) in [5.74, 6) is 2.12. The maximum atomic E-state index is 13.0. The van der Waals surface area contributed by atoms with Gasteiger partial charge in [-0.05, 0) is 49.7 Å². The second kappa shape index (κ2) is 9.30. The molecule has 3 aliphatic rings. The third-order valence-corrected chi connectivity index (χ3v) is 6.87. The summed E-state index contributed by atoms with van der Waals surface area (Å²) >= 11 is 0. The highest BCUT2D eigenvalue weighted by Gasteiger charge is 2.42. The average molecular weight is 424 g/mol. The second-order valence-electron chi connectivity index (χ2n) is 8.59. The fourth-order valence-electron chi connectivity index (χ4n) is 5.28. The highest BCUT2D eigenvalue weighted by Crippen LogP contribution is 2.42. The first kappa shape index (κ1) is 21.8. The van der Waals surface area contributed by atoms with Gasteiger partial charge in [0.2, 0.25) is 5.91 Å². The van der Waals surface area contributed by atoms with E-state index in [4.69, 9.17) is 10.5 Å². The van der Waals surface area contributed by atoms with Gasteiger partial charge in [-0.2, -0.15) is 0 Å². The highest BCUT2D eigenvalue weighted by atomic mass is 35.5. The Morgan fingerprint density at radius 1 is 1.07 bits per heavy atom. The molecule has 2 atom stereocenters. The number of halogens is 1. The first-order chi connectivity index (χ1) is 13.5. The van der Waals surface area contributed by atoms with Crippen molar-refractivity contribution in [2.45, 2.75) is 57.1 Å². The van der Waals surface area contributed by atoms with Gasteiger partial charge in [0.25, 0.3) is 5.69 Å². The van der Waals surface area contributed by atoms with Crippen molar-refractivity contribution in [2.75, 3.05) is 13.1 Å². The van der Waals surface area contributed by atoms with Gasteiger partial charge in [-0.25, -0.2) is 0 Å². The zero-order chi connectivity index (χ0) is 19.7. The number of carbonyl (C=O) groups excluding carboxylic acids is 1. The Hall–Kier alpha value is -1.86. The van der Waals surface area contributed by atoms with Crippen LogP contribution in [0.15, 0.2) is 24.3 Å². The summed E-state index contributed by atoms with van der Waals surface area (Å²) in [4.78, 5) is 25.4. The van der Waals surface area contributed by atoms with Crippen molar-refractivity contribution in [3.63, 3.8) is 0 Å². The van der Waals surface area contributed by atoms with Crippen LogP contribution >= 0.6 is 12.4 Å². The Bertz CT molecular complexity index is 707. The predicted octanol–water partition coefficient (Wildman–Crippen LogP) is 3.54. The minimum Gasteiger partial charge on any atom is -0.490 e. The molecule has 1 heterocycles. The van der Waals surface area contributed by atoms with Crippen LogP contribution in [0.2, 0.25) is 0 Å². The number of ether oxygens (including phenoxy) is 1. The molecule has 1 aliphatic heterocycles. The fraction of sp³-hybridized carbons (Fsp3) is 0.667. The van der Waals surface area contributed by atoms with Crippen LogP contribution in [0, 0.1) is 27.9 Å². The standard InChI is InChI=1S/C21H29N3O4.ClH/c22-20-14-2-1-3-15(20)13-16(12-14)21(25)23-10-8-19(9-11-23)28-18-6-4-17(5-7-18)24(26)27;/h4-7,14-16,19-20H,1-3,8-13,22H2;1H. The van der Waals surface area contributed by atoms with E-state index >= 15 is 0 Å². The van der Waals surface area contributed by atoms with Gasteiger partial charge in [0.1, 0.15) is 11.9 Å². The van der Waals surface area contributed by atoms with Crippen molar-refractivity contribution >= 4 is 24.0 Å². The van der Waals surface area contributed by atoms with E-state index in [9.17, 15) is 14.9 Å². The number of rotatable bonds is 4. The Morgan fingerprint density at radius 2 is 1.66 bits per heavy atom. The lowest BCUT2D eigenvalue weighted by Gasteiger charge is -2.45. The lowest BCUT2D eigenvalue weighted by Crippen LogP contribution is -2.51. The van der Waals surface area contributed by atoms with Gasteiger partial charge >= 0.3 is 0 Å².